The van der Waals surface area contributed by atoms with Gasteiger partial charge in [-0.05, 0) is 31.1 Å². The summed E-state index contributed by atoms with van der Waals surface area (Å²) in [5.74, 6) is -2.24. The maximum atomic E-state index is 12.5. The molecule has 0 amide bonds. The highest BCUT2D eigenvalue weighted by Crippen LogP contribution is 2.54. The van der Waals surface area contributed by atoms with Crippen molar-refractivity contribution in [1.82, 2.24) is 0 Å². The molecule has 0 aromatic heterocycles. The van der Waals surface area contributed by atoms with Crippen molar-refractivity contribution in [2.24, 2.45) is 10.8 Å². The van der Waals surface area contributed by atoms with Crippen LogP contribution in [-0.2, 0) is 9.59 Å². The summed E-state index contributed by atoms with van der Waals surface area (Å²) in [6.45, 7) is 8.37. The van der Waals surface area contributed by atoms with Gasteiger partial charge in [-0.25, -0.2) is 0 Å². The molecule has 0 bridgehead atoms. The zero-order valence-electron chi connectivity index (χ0n) is 18.3. The number of hydrogen-bond acceptors (Lipinski definition) is 2. The van der Waals surface area contributed by atoms with Gasteiger partial charge in [0.25, 0.3) is 0 Å². The van der Waals surface area contributed by atoms with E-state index in [1.54, 1.807) is 0 Å². The molecular formula is C23H44O4. The topological polar surface area (TPSA) is 74.6 Å². The van der Waals surface area contributed by atoms with E-state index in [4.69, 9.17) is 0 Å². The molecule has 0 radical (unpaired) electrons. The molecule has 4 heteroatoms. The predicted octanol–water partition coefficient (Wildman–Crippen LogP) is 7.06. The molecule has 160 valence electrons. The number of carboxylic acid groups (broad SMARTS) is 2. The zero-order valence-corrected chi connectivity index (χ0v) is 18.3. The SMILES string of the molecule is CCCCCCCC(CCCC)(CCCC)C(CCCC)(C(=O)O)C(=O)O. The lowest BCUT2D eigenvalue weighted by Crippen LogP contribution is -2.53. The van der Waals surface area contributed by atoms with E-state index in [1.807, 2.05) is 6.92 Å². The van der Waals surface area contributed by atoms with Crippen molar-refractivity contribution in [3.63, 3.8) is 0 Å². The maximum absolute atomic E-state index is 12.5. The smallest absolute Gasteiger partial charge is 0.321 e. The summed E-state index contributed by atoms with van der Waals surface area (Å²) in [5.41, 5.74) is -2.30. The quantitative estimate of drug-likeness (QED) is 0.196. The second kappa shape index (κ2) is 14.0. The molecule has 0 aromatic rings. The van der Waals surface area contributed by atoms with Gasteiger partial charge in [-0.1, -0.05) is 98.3 Å². The van der Waals surface area contributed by atoms with Crippen molar-refractivity contribution in [3.05, 3.63) is 0 Å². The first-order valence-electron chi connectivity index (χ1n) is 11.3. The minimum Gasteiger partial charge on any atom is -0.480 e. The fourth-order valence-electron chi connectivity index (χ4n) is 4.58. The molecule has 0 aromatic carbocycles. The lowest BCUT2D eigenvalue weighted by atomic mass is 9.54. The van der Waals surface area contributed by atoms with Gasteiger partial charge >= 0.3 is 11.9 Å². The second-order valence-electron chi connectivity index (χ2n) is 8.27. The van der Waals surface area contributed by atoms with Gasteiger partial charge in [0.1, 0.15) is 0 Å². The Balaban J connectivity index is 5.95. The van der Waals surface area contributed by atoms with Gasteiger partial charge < -0.3 is 10.2 Å². The Morgan fingerprint density at radius 2 is 0.926 bits per heavy atom. The number of hydrogen-bond donors (Lipinski definition) is 2. The van der Waals surface area contributed by atoms with Gasteiger partial charge in [-0.15, -0.1) is 0 Å². The van der Waals surface area contributed by atoms with Crippen LogP contribution in [0.1, 0.15) is 124 Å². The second-order valence-corrected chi connectivity index (χ2v) is 8.27. The predicted molar refractivity (Wildman–Crippen MR) is 112 cm³/mol. The third-order valence-electron chi connectivity index (χ3n) is 6.32. The van der Waals surface area contributed by atoms with Gasteiger partial charge in [-0.2, -0.15) is 0 Å². The molecule has 27 heavy (non-hydrogen) atoms. The summed E-state index contributed by atoms with van der Waals surface area (Å²) in [7, 11) is 0. The van der Waals surface area contributed by atoms with Crippen LogP contribution in [0.3, 0.4) is 0 Å². The van der Waals surface area contributed by atoms with E-state index in [0.717, 1.165) is 57.8 Å². The Morgan fingerprint density at radius 3 is 1.33 bits per heavy atom. The molecule has 0 aliphatic rings. The summed E-state index contributed by atoms with van der Waals surface area (Å²) in [6.07, 6.45) is 13.1. The fraction of sp³-hybridized carbons (Fsp3) is 0.913. The standard InChI is InChI=1S/C23H44O4/c1-5-9-13-14-15-18-22(16-10-6-2,17-11-7-3)23(20(24)25,21(26)27)19-12-8-4/h5-19H2,1-4H3,(H,24,25)(H,26,27). The number of unbranched alkanes of at least 4 members (excludes halogenated alkanes) is 7. The Labute approximate surface area is 167 Å². The fourth-order valence-corrected chi connectivity index (χ4v) is 4.58. The molecular weight excluding hydrogens is 340 g/mol. The number of carboxylic acids is 2. The maximum Gasteiger partial charge on any atom is 0.321 e. The molecule has 2 N–H and O–H groups in total. The Morgan fingerprint density at radius 1 is 0.556 bits per heavy atom. The molecule has 0 spiro atoms. The molecule has 0 saturated carbocycles. The van der Waals surface area contributed by atoms with E-state index in [-0.39, 0.29) is 6.42 Å². The van der Waals surface area contributed by atoms with E-state index >= 15 is 0 Å². The average molecular weight is 385 g/mol. The molecule has 0 rings (SSSR count). The molecule has 0 aliphatic carbocycles. The number of aliphatic carboxylic acids is 2. The number of rotatable bonds is 18. The van der Waals surface area contributed by atoms with Gasteiger partial charge in [0.15, 0.2) is 5.41 Å². The summed E-state index contributed by atoms with van der Waals surface area (Å²) in [6, 6.07) is 0. The van der Waals surface area contributed by atoms with Crippen LogP contribution in [0, 0.1) is 10.8 Å². The molecule has 0 heterocycles. The van der Waals surface area contributed by atoms with Crippen molar-refractivity contribution < 1.29 is 19.8 Å². The van der Waals surface area contributed by atoms with Crippen LogP contribution in [0.25, 0.3) is 0 Å². The third-order valence-corrected chi connectivity index (χ3v) is 6.32. The molecule has 0 fully saturated rings. The van der Waals surface area contributed by atoms with E-state index in [0.29, 0.717) is 19.3 Å². The van der Waals surface area contributed by atoms with Crippen molar-refractivity contribution in [1.29, 1.82) is 0 Å². The van der Waals surface area contributed by atoms with Gasteiger partial charge in [0.05, 0.1) is 0 Å². The van der Waals surface area contributed by atoms with Crippen LogP contribution < -0.4 is 0 Å². The first-order chi connectivity index (χ1) is 12.9. The minimum absolute atomic E-state index is 0.247. The van der Waals surface area contributed by atoms with Crippen LogP contribution in [0.4, 0.5) is 0 Å². The Kier molecular flexibility index (Phi) is 13.5. The monoisotopic (exact) mass is 384 g/mol. The summed E-state index contributed by atoms with van der Waals surface area (Å²) >= 11 is 0. The van der Waals surface area contributed by atoms with E-state index < -0.39 is 22.8 Å². The molecule has 0 atom stereocenters. The van der Waals surface area contributed by atoms with Crippen LogP contribution in [-0.4, -0.2) is 22.2 Å². The Bertz CT molecular complexity index is 395. The van der Waals surface area contributed by atoms with Crippen LogP contribution in [0.5, 0.6) is 0 Å². The van der Waals surface area contributed by atoms with Gasteiger partial charge in [-0.3, -0.25) is 9.59 Å². The highest BCUT2D eigenvalue weighted by atomic mass is 16.4. The van der Waals surface area contributed by atoms with Gasteiger partial charge in [0, 0.05) is 0 Å². The lowest BCUT2D eigenvalue weighted by molar-refractivity contribution is -0.180. The normalized spacial score (nSPS) is 12.3. The van der Waals surface area contributed by atoms with Crippen molar-refractivity contribution in [3.8, 4) is 0 Å². The zero-order chi connectivity index (χ0) is 20.8. The van der Waals surface area contributed by atoms with Crippen molar-refractivity contribution in [2.45, 2.75) is 124 Å². The van der Waals surface area contributed by atoms with E-state index in [1.165, 1.54) is 12.8 Å². The van der Waals surface area contributed by atoms with Crippen LogP contribution >= 0.6 is 0 Å². The molecule has 0 aliphatic heterocycles. The minimum atomic E-state index is -1.65. The molecule has 0 unspecified atom stereocenters. The average Bonchev–Trinajstić information content (AvgIpc) is 2.64. The third kappa shape index (κ3) is 7.12. The summed E-state index contributed by atoms with van der Waals surface area (Å²) < 4.78 is 0. The lowest BCUT2D eigenvalue weighted by Gasteiger charge is -2.46. The highest BCUT2D eigenvalue weighted by molar-refractivity contribution is 5.99. The van der Waals surface area contributed by atoms with Crippen molar-refractivity contribution in [2.75, 3.05) is 0 Å². The summed E-state index contributed by atoms with van der Waals surface area (Å²) in [4.78, 5) is 25.0. The first-order valence-corrected chi connectivity index (χ1v) is 11.3. The van der Waals surface area contributed by atoms with E-state index in [9.17, 15) is 19.8 Å². The first kappa shape index (κ1) is 25.9. The van der Waals surface area contributed by atoms with Crippen LogP contribution in [0.15, 0.2) is 0 Å². The van der Waals surface area contributed by atoms with E-state index in [2.05, 4.69) is 20.8 Å². The van der Waals surface area contributed by atoms with Gasteiger partial charge in [0.2, 0.25) is 0 Å². The van der Waals surface area contributed by atoms with Crippen molar-refractivity contribution >= 4 is 11.9 Å². The Hall–Kier alpha value is -1.06. The number of carbonyl (C=O) groups is 2. The van der Waals surface area contributed by atoms with Crippen LogP contribution in [0.2, 0.25) is 0 Å². The largest absolute Gasteiger partial charge is 0.480 e. The molecule has 0 saturated heterocycles. The molecule has 4 nitrogen and oxygen atoms in total. The summed E-state index contributed by atoms with van der Waals surface area (Å²) in [5, 5.41) is 20.4. The highest BCUT2D eigenvalue weighted by Gasteiger charge is 2.60.